The lowest BCUT2D eigenvalue weighted by Gasteiger charge is -2.45. The van der Waals surface area contributed by atoms with Crippen molar-refractivity contribution in [3.63, 3.8) is 0 Å². The van der Waals surface area contributed by atoms with Gasteiger partial charge in [-0.3, -0.25) is 4.57 Å². The first-order valence-electron chi connectivity index (χ1n) is 26.6. The minimum absolute atomic E-state index is 0.647. The van der Waals surface area contributed by atoms with Gasteiger partial charge in [0.25, 0.3) is 0 Å². The van der Waals surface area contributed by atoms with Gasteiger partial charge in [0.2, 0.25) is 0 Å². The Morgan fingerprint density at radius 1 is 0.429 bits per heavy atom. The molecule has 16 rings (SSSR count). The monoisotopic (exact) mass is 981 g/mol. The average molecular weight is 982 g/mol. The fraction of sp³-hybridized carbons (Fsp3) is 0.0274. The molecule has 1 aliphatic heterocycles. The number of hydrogen-bond acceptors (Lipinski definition) is 3. The largest absolute Gasteiger partial charge is 0.456 e. The maximum Gasteiger partial charge on any atom is 0.138 e. The summed E-state index contributed by atoms with van der Waals surface area (Å²) >= 11 is 0. The number of aromatic nitrogens is 2. The van der Waals surface area contributed by atoms with E-state index in [2.05, 4.69) is 282 Å². The molecule has 0 fully saturated rings. The van der Waals surface area contributed by atoms with Crippen LogP contribution in [0.2, 0.25) is 0 Å². The van der Waals surface area contributed by atoms with Crippen molar-refractivity contribution in [2.24, 2.45) is 0 Å². The summed E-state index contributed by atoms with van der Waals surface area (Å²) in [6.45, 7) is 0. The first-order valence-corrected chi connectivity index (χ1v) is 26.6. The van der Waals surface area contributed by atoms with Gasteiger partial charge in [0.05, 0.1) is 33.3 Å². The number of pyridine rings is 1. The molecule has 10 aromatic carbocycles. The van der Waals surface area contributed by atoms with Crippen molar-refractivity contribution < 1.29 is 4.42 Å². The smallest absolute Gasteiger partial charge is 0.138 e. The molecule has 4 heterocycles. The number of furan rings is 1. The van der Waals surface area contributed by atoms with Crippen LogP contribution in [0.4, 0.5) is 17.1 Å². The van der Waals surface area contributed by atoms with Gasteiger partial charge in [-0.05, 0) is 134 Å². The van der Waals surface area contributed by atoms with E-state index in [1.165, 1.54) is 66.1 Å². The summed E-state index contributed by atoms with van der Waals surface area (Å²) in [4.78, 5) is 7.99. The van der Waals surface area contributed by atoms with Crippen LogP contribution in [0.5, 0.6) is 0 Å². The standard InChI is InChI=1S/C73H47N3O/c1-4-20-47(21-5-1)50-26-18-28-54(42-50)75-66-35-16-14-33-60(66)73(59-32-13-10-30-56(59)71-62(73)40-41-69-72(71)57-31-12-17-37-68(57)77-69)61-39-38-52(45-67(61)75)51-27-19-36-65-58(43-51)55-29-11-15-34-64(55)76(65)70-46-53(48-22-6-2-7-23-48)44-63(74-70)49-24-8-3-9-25-49/h1-18,20-46H,19H2. The summed E-state index contributed by atoms with van der Waals surface area (Å²) in [6.07, 6.45) is 7.95. The molecule has 360 valence electrons. The first-order chi connectivity index (χ1) is 38.2. The predicted molar refractivity (Wildman–Crippen MR) is 317 cm³/mol. The highest BCUT2D eigenvalue weighted by Crippen LogP contribution is 2.65. The lowest BCUT2D eigenvalue weighted by Crippen LogP contribution is -2.36. The lowest BCUT2D eigenvalue weighted by molar-refractivity contribution is 0.668. The molecule has 4 nitrogen and oxygen atoms in total. The van der Waals surface area contributed by atoms with E-state index in [1.807, 2.05) is 0 Å². The summed E-state index contributed by atoms with van der Waals surface area (Å²) in [5.41, 5.74) is 22.2. The van der Waals surface area contributed by atoms with Gasteiger partial charge >= 0.3 is 0 Å². The Bertz CT molecular complexity index is 4660. The third-order valence-electron chi connectivity index (χ3n) is 16.4. The number of para-hydroxylation sites is 3. The van der Waals surface area contributed by atoms with Gasteiger partial charge in [0.1, 0.15) is 17.0 Å². The predicted octanol–water partition coefficient (Wildman–Crippen LogP) is 17.1. The van der Waals surface area contributed by atoms with E-state index in [0.717, 1.165) is 84.7 Å². The normalized spacial score (nSPS) is 15.0. The average Bonchev–Trinajstić information content (AvgIpc) is 3.89. The molecule has 0 bridgehead atoms. The van der Waals surface area contributed by atoms with E-state index in [4.69, 9.17) is 9.40 Å². The van der Waals surface area contributed by atoms with Crippen LogP contribution in [-0.4, -0.2) is 9.55 Å². The van der Waals surface area contributed by atoms with Crippen LogP contribution in [0.25, 0.3) is 101 Å². The van der Waals surface area contributed by atoms with Crippen molar-refractivity contribution in [1.82, 2.24) is 9.55 Å². The van der Waals surface area contributed by atoms with Crippen LogP contribution in [-0.2, 0) is 5.41 Å². The van der Waals surface area contributed by atoms with Gasteiger partial charge < -0.3 is 9.32 Å². The van der Waals surface area contributed by atoms with Crippen molar-refractivity contribution in [3.05, 3.63) is 299 Å². The van der Waals surface area contributed by atoms with Crippen LogP contribution < -0.4 is 15.5 Å². The summed E-state index contributed by atoms with van der Waals surface area (Å²) < 4.78 is 9.00. The van der Waals surface area contributed by atoms with E-state index in [0.29, 0.717) is 0 Å². The zero-order valence-corrected chi connectivity index (χ0v) is 41.9. The molecule has 0 saturated carbocycles. The summed E-state index contributed by atoms with van der Waals surface area (Å²) in [6, 6.07) is 92.8. The minimum atomic E-state index is -0.647. The number of anilines is 3. The van der Waals surface area contributed by atoms with E-state index in [-0.39, 0.29) is 0 Å². The molecule has 1 spiro atoms. The van der Waals surface area contributed by atoms with Crippen molar-refractivity contribution in [1.29, 1.82) is 0 Å². The third-order valence-corrected chi connectivity index (χ3v) is 16.4. The Labute approximate surface area is 445 Å². The minimum Gasteiger partial charge on any atom is -0.456 e. The highest BCUT2D eigenvalue weighted by molar-refractivity contribution is 6.16. The van der Waals surface area contributed by atoms with Crippen LogP contribution in [0.3, 0.4) is 0 Å². The molecular weight excluding hydrogens is 935 g/mol. The number of rotatable bonds is 6. The third kappa shape index (κ3) is 6.49. The molecule has 77 heavy (non-hydrogen) atoms. The molecule has 0 N–H and O–H groups in total. The molecule has 3 aromatic heterocycles. The number of hydrogen-bond donors (Lipinski definition) is 0. The molecule has 0 amide bonds. The summed E-state index contributed by atoms with van der Waals surface area (Å²) in [5.74, 6) is 0.889. The summed E-state index contributed by atoms with van der Waals surface area (Å²) in [5, 5.41) is 5.80. The highest BCUT2D eigenvalue weighted by atomic mass is 16.3. The number of nitrogens with zero attached hydrogens (tertiary/aromatic N) is 3. The van der Waals surface area contributed by atoms with Gasteiger partial charge in [-0.2, -0.15) is 0 Å². The highest BCUT2D eigenvalue weighted by Gasteiger charge is 2.52. The number of allylic oxidation sites excluding steroid dienone is 2. The maximum atomic E-state index is 6.62. The molecule has 0 radical (unpaired) electrons. The van der Waals surface area contributed by atoms with Crippen molar-refractivity contribution in [3.8, 4) is 50.5 Å². The van der Waals surface area contributed by atoms with E-state index in [9.17, 15) is 0 Å². The van der Waals surface area contributed by atoms with Gasteiger partial charge in [0, 0.05) is 32.6 Å². The van der Waals surface area contributed by atoms with Crippen molar-refractivity contribution >= 4 is 67.6 Å². The quantitative estimate of drug-likeness (QED) is 0.166. The SMILES string of the molecule is C1=C(c2ccc3c(c2)N(c2cccc(-c4ccccc4)c2)c2ccccc2C32c3ccccc3-c3c2ccc2oc4ccccc4c32)C=c2c(n(-c3cc(-c4ccccc4)cc(-c4ccccc4)n3)c3ccccc23)=CC1. The Kier molecular flexibility index (Phi) is 9.58. The molecule has 13 aromatic rings. The molecule has 2 aliphatic carbocycles. The van der Waals surface area contributed by atoms with Crippen molar-refractivity contribution in [2.75, 3.05) is 4.90 Å². The van der Waals surface area contributed by atoms with Crippen molar-refractivity contribution in [2.45, 2.75) is 11.8 Å². The Morgan fingerprint density at radius 3 is 1.92 bits per heavy atom. The first kappa shape index (κ1) is 43.4. The molecule has 1 unspecified atom stereocenters. The van der Waals surface area contributed by atoms with Crippen LogP contribution in [0.15, 0.2) is 265 Å². The van der Waals surface area contributed by atoms with Gasteiger partial charge in [-0.15, -0.1) is 0 Å². The Morgan fingerprint density at radius 2 is 1.09 bits per heavy atom. The fourth-order valence-electron chi connectivity index (χ4n) is 13.2. The van der Waals surface area contributed by atoms with Crippen LogP contribution in [0, 0.1) is 0 Å². The van der Waals surface area contributed by atoms with E-state index in [1.54, 1.807) is 0 Å². The maximum absolute atomic E-state index is 6.62. The molecular formula is C73H47N3O. The number of benzene rings is 10. The van der Waals surface area contributed by atoms with Gasteiger partial charge in [-0.25, -0.2) is 4.98 Å². The fourth-order valence-corrected chi connectivity index (χ4v) is 13.2. The summed E-state index contributed by atoms with van der Waals surface area (Å²) in [7, 11) is 0. The van der Waals surface area contributed by atoms with Gasteiger partial charge in [-0.1, -0.05) is 212 Å². The topological polar surface area (TPSA) is 34.2 Å². The second kappa shape index (κ2) is 17.0. The molecule has 3 aliphatic rings. The number of fused-ring (bicyclic) bond motifs is 16. The second-order valence-corrected chi connectivity index (χ2v) is 20.5. The van der Waals surface area contributed by atoms with Crippen LogP contribution in [0.1, 0.15) is 34.2 Å². The molecule has 4 heteroatoms. The van der Waals surface area contributed by atoms with Gasteiger partial charge in [0.15, 0.2) is 0 Å². The van der Waals surface area contributed by atoms with E-state index >= 15 is 0 Å². The molecule has 1 atom stereocenters. The van der Waals surface area contributed by atoms with Crippen LogP contribution >= 0.6 is 0 Å². The van der Waals surface area contributed by atoms with E-state index < -0.39 is 5.41 Å². The Balaban J connectivity index is 0.938. The Hall–Kier alpha value is -10.0. The zero-order chi connectivity index (χ0) is 50.6. The molecule has 0 saturated heterocycles. The second-order valence-electron chi connectivity index (χ2n) is 20.5. The zero-order valence-electron chi connectivity index (χ0n) is 41.9. The lowest BCUT2D eigenvalue weighted by atomic mass is 9.64.